The fourth-order valence-electron chi connectivity index (χ4n) is 0.845. The minimum atomic E-state index is -0.809. The molecule has 0 bridgehead atoms. The number of hydrogen-bond donors (Lipinski definition) is 1. The Morgan fingerprint density at radius 3 is 2.73 bits per heavy atom. The average Bonchev–Trinajstić information content (AvgIpc) is 2.71. The van der Waals surface area contributed by atoms with Gasteiger partial charge in [0.25, 0.3) is 0 Å². The lowest BCUT2D eigenvalue weighted by Gasteiger charge is -1.95. The van der Waals surface area contributed by atoms with Crippen LogP contribution in [0.5, 0.6) is 0 Å². The molecular weight excluding hydrogens is 142 g/mol. The first kappa shape index (κ1) is 8.27. The SMILES string of the molecule is CC(=CCCN1CC1)C(=O)O. The number of carbonyl (C=O) groups is 1. The van der Waals surface area contributed by atoms with Crippen LogP contribution in [0.15, 0.2) is 11.6 Å². The van der Waals surface area contributed by atoms with Crippen molar-refractivity contribution in [3.8, 4) is 0 Å². The van der Waals surface area contributed by atoms with Gasteiger partial charge in [-0.3, -0.25) is 0 Å². The molecule has 1 rings (SSSR count). The normalized spacial score (nSPS) is 18.5. The number of carboxylic acids is 1. The molecule has 3 nitrogen and oxygen atoms in total. The van der Waals surface area contributed by atoms with Crippen LogP contribution >= 0.6 is 0 Å². The minimum Gasteiger partial charge on any atom is -0.478 e. The molecule has 1 saturated heterocycles. The molecule has 0 aromatic rings. The Bertz CT molecular complexity index is 183. The predicted octanol–water partition coefficient (Wildman–Crippen LogP) is 0.723. The van der Waals surface area contributed by atoms with E-state index in [0.717, 1.165) is 13.0 Å². The van der Waals surface area contributed by atoms with Gasteiger partial charge in [0.1, 0.15) is 0 Å². The van der Waals surface area contributed by atoms with Gasteiger partial charge >= 0.3 is 5.97 Å². The fourth-order valence-corrected chi connectivity index (χ4v) is 0.845. The van der Waals surface area contributed by atoms with Gasteiger partial charge < -0.3 is 10.0 Å². The van der Waals surface area contributed by atoms with Crippen molar-refractivity contribution in [3.05, 3.63) is 11.6 Å². The van der Waals surface area contributed by atoms with E-state index in [2.05, 4.69) is 4.90 Å². The first-order valence-corrected chi connectivity index (χ1v) is 3.82. The van der Waals surface area contributed by atoms with Gasteiger partial charge in [-0.2, -0.15) is 0 Å². The van der Waals surface area contributed by atoms with E-state index in [1.165, 1.54) is 13.1 Å². The van der Waals surface area contributed by atoms with Crippen LogP contribution in [-0.4, -0.2) is 35.6 Å². The van der Waals surface area contributed by atoms with E-state index < -0.39 is 5.97 Å². The van der Waals surface area contributed by atoms with E-state index in [1.807, 2.05) is 0 Å². The highest BCUT2D eigenvalue weighted by molar-refractivity contribution is 5.85. The highest BCUT2D eigenvalue weighted by atomic mass is 16.4. The molecule has 62 valence electrons. The summed E-state index contributed by atoms with van der Waals surface area (Å²) < 4.78 is 0. The van der Waals surface area contributed by atoms with Crippen LogP contribution < -0.4 is 0 Å². The molecule has 1 N–H and O–H groups in total. The topological polar surface area (TPSA) is 40.3 Å². The third-order valence-electron chi connectivity index (χ3n) is 1.77. The van der Waals surface area contributed by atoms with E-state index in [0.29, 0.717) is 5.57 Å². The zero-order chi connectivity index (χ0) is 8.27. The molecular formula is C8H13NO2. The van der Waals surface area contributed by atoms with Crippen LogP contribution in [-0.2, 0) is 4.79 Å². The molecule has 3 heteroatoms. The highest BCUT2D eigenvalue weighted by Crippen LogP contribution is 2.05. The summed E-state index contributed by atoms with van der Waals surface area (Å²) in [7, 11) is 0. The second-order valence-electron chi connectivity index (χ2n) is 2.82. The zero-order valence-corrected chi connectivity index (χ0v) is 6.71. The Morgan fingerprint density at radius 2 is 2.27 bits per heavy atom. The van der Waals surface area contributed by atoms with Gasteiger partial charge in [0.2, 0.25) is 0 Å². The van der Waals surface area contributed by atoms with Crippen molar-refractivity contribution < 1.29 is 9.90 Å². The van der Waals surface area contributed by atoms with Gasteiger partial charge in [0.15, 0.2) is 0 Å². The summed E-state index contributed by atoms with van der Waals surface area (Å²) in [4.78, 5) is 12.6. The molecule has 1 fully saturated rings. The van der Waals surface area contributed by atoms with Gasteiger partial charge in [-0.1, -0.05) is 6.08 Å². The molecule has 0 aromatic carbocycles. The van der Waals surface area contributed by atoms with Gasteiger partial charge in [-0.25, -0.2) is 4.79 Å². The largest absolute Gasteiger partial charge is 0.478 e. The predicted molar refractivity (Wildman–Crippen MR) is 42.4 cm³/mol. The third-order valence-corrected chi connectivity index (χ3v) is 1.77. The van der Waals surface area contributed by atoms with Gasteiger partial charge in [0, 0.05) is 25.2 Å². The zero-order valence-electron chi connectivity index (χ0n) is 6.71. The first-order valence-electron chi connectivity index (χ1n) is 3.82. The molecule has 1 aliphatic rings. The number of aliphatic carboxylic acids is 1. The molecule has 0 unspecified atom stereocenters. The summed E-state index contributed by atoms with van der Waals surface area (Å²) in [6.07, 6.45) is 2.64. The van der Waals surface area contributed by atoms with Crippen molar-refractivity contribution in [2.24, 2.45) is 0 Å². The monoisotopic (exact) mass is 155 g/mol. The summed E-state index contributed by atoms with van der Waals surface area (Å²) >= 11 is 0. The van der Waals surface area contributed by atoms with Gasteiger partial charge in [-0.05, 0) is 13.3 Å². The summed E-state index contributed by atoms with van der Waals surface area (Å²) in [5, 5.41) is 8.48. The second kappa shape index (κ2) is 3.53. The van der Waals surface area contributed by atoms with E-state index >= 15 is 0 Å². The maximum Gasteiger partial charge on any atom is 0.330 e. The first-order chi connectivity index (χ1) is 5.20. The third kappa shape index (κ3) is 3.18. The van der Waals surface area contributed by atoms with Crippen molar-refractivity contribution in [1.82, 2.24) is 4.90 Å². The Labute approximate surface area is 66.3 Å². The van der Waals surface area contributed by atoms with Crippen molar-refractivity contribution >= 4 is 5.97 Å². The van der Waals surface area contributed by atoms with Crippen molar-refractivity contribution in [2.45, 2.75) is 13.3 Å². The standard InChI is InChI=1S/C8H13NO2/c1-7(8(10)11)3-2-4-9-5-6-9/h3H,2,4-6H2,1H3,(H,10,11). The summed E-state index contributed by atoms with van der Waals surface area (Å²) in [6.45, 7) is 5.00. The van der Waals surface area contributed by atoms with Crippen LogP contribution in [0.3, 0.4) is 0 Å². The molecule has 1 aliphatic heterocycles. The summed E-state index contributed by atoms with van der Waals surface area (Å²) in [5.41, 5.74) is 0.451. The van der Waals surface area contributed by atoms with Crippen molar-refractivity contribution in [3.63, 3.8) is 0 Å². The highest BCUT2D eigenvalue weighted by Gasteiger charge is 2.14. The van der Waals surface area contributed by atoms with E-state index in [1.54, 1.807) is 13.0 Å². The molecule has 0 saturated carbocycles. The molecule has 0 aliphatic carbocycles. The summed E-state index contributed by atoms with van der Waals surface area (Å²) in [5.74, 6) is -0.809. The number of carboxylic acid groups (broad SMARTS) is 1. The smallest absolute Gasteiger partial charge is 0.330 e. The van der Waals surface area contributed by atoms with E-state index in [-0.39, 0.29) is 0 Å². The molecule has 11 heavy (non-hydrogen) atoms. The lowest BCUT2D eigenvalue weighted by molar-refractivity contribution is -0.132. The van der Waals surface area contributed by atoms with Crippen LogP contribution in [0.25, 0.3) is 0 Å². The molecule has 0 atom stereocenters. The van der Waals surface area contributed by atoms with E-state index in [9.17, 15) is 4.79 Å². The van der Waals surface area contributed by atoms with Gasteiger partial charge in [-0.15, -0.1) is 0 Å². The lowest BCUT2D eigenvalue weighted by atomic mass is 10.2. The second-order valence-corrected chi connectivity index (χ2v) is 2.82. The Kier molecular flexibility index (Phi) is 2.65. The lowest BCUT2D eigenvalue weighted by Crippen LogP contribution is -2.00. The fraction of sp³-hybridized carbons (Fsp3) is 0.625. The van der Waals surface area contributed by atoms with Crippen LogP contribution in [0, 0.1) is 0 Å². The molecule has 0 spiro atoms. The quantitative estimate of drug-likeness (QED) is 0.480. The number of hydrogen-bond acceptors (Lipinski definition) is 2. The maximum atomic E-state index is 10.3. The summed E-state index contributed by atoms with van der Waals surface area (Å²) in [6, 6.07) is 0. The minimum absolute atomic E-state index is 0.451. The van der Waals surface area contributed by atoms with Crippen molar-refractivity contribution in [2.75, 3.05) is 19.6 Å². The molecule has 0 radical (unpaired) electrons. The molecule has 0 aromatic heterocycles. The van der Waals surface area contributed by atoms with Crippen molar-refractivity contribution in [1.29, 1.82) is 0 Å². The van der Waals surface area contributed by atoms with E-state index in [4.69, 9.17) is 5.11 Å². The number of nitrogens with zero attached hydrogens (tertiary/aromatic N) is 1. The Balaban J connectivity index is 2.15. The number of rotatable bonds is 4. The van der Waals surface area contributed by atoms with Crippen LogP contribution in [0.4, 0.5) is 0 Å². The molecule has 0 amide bonds. The average molecular weight is 155 g/mol. The Morgan fingerprint density at radius 1 is 1.64 bits per heavy atom. The van der Waals surface area contributed by atoms with Crippen LogP contribution in [0.1, 0.15) is 13.3 Å². The van der Waals surface area contributed by atoms with Crippen LogP contribution in [0.2, 0.25) is 0 Å². The Hall–Kier alpha value is -0.830. The molecule has 1 heterocycles. The van der Waals surface area contributed by atoms with Gasteiger partial charge in [0.05, 0.1) is 0 Å². The maximum absolute atomic E-state index is 10.3.